The molecule has 0 unspecified atom stereocenters. The molecule has 0 aliphatic rings. The highest BCUT2D eigenvalue weighted by Gasteiger charge is 2.27. The van der Waals surface area contributed by atoms with Gasteiger partial charge in [0.05, 0.1) is 0 Å². The molecule has 164 valence electrons. The molecule has 0 saturated carbocycles. The van der Waals surface area contributed by atoms with Crippen LogP contribution in [-0.4, -0.2) is 15.4 Å². The quantitative estimate of drug-likeness (QED) is 0.338. The van der Waals surface area contributed by atoms with Gasteiger partial charge >= 0.3 is 0 Å². The highest BCUT2D eigenvalue weighted by Crippen LogP contribution is 2.28. The van der Waals surface area contributed by atoms with Gasteiger partial charge in [0.1, 0.15) is 11.4 Å². The SMILES string of the molecule is C[C@H](Nc1c(Nc2nc(Nc3ccc(-c4ccccc4)cc3)ns2)c(=O)c1=O)C(C)(C)C. The minimum absolute atomic E-state index is 0.0110. The second kappa shape index (κ2) is 8.55. The van der Waals surface area contributed by atoms with E-state index in [1.807, 2.05) is 49.4 Å². The second-order valence-corrected chi connectivity index (χ2v) is 9.51. The Kier molecular flexibility index (Phi) is 5.80. The summed E-state index contributed by atoms with van der Waals surface area (Å²) in [6.07, 6.45) is 0. The van der Waals surface area contributed by atoms with Crippen LogP contribution in [0.5, 0.6) is 0 Å². The lowest BCUT2D eigenvalue weighted by atomic mass is 9.87. The molecule has 0 aliphatic heterocycles. The molecule has 1 aromatic heterocycles. The largest absolute Gasteiger partial charge is 0.377 e. The fraction of sp³-hybridized carbons (Fsp3) is 0.250. The van der Waals surface area contributed by atoms with Gasteiger partial charge in [-0.15, -0.1) is 0 Å². The van der Waals surface area contributed by atoms with E-state index in [1.54, 1.807) is 0 Å². The van der Waals surface area contributed by atoms with Crippen molar-refractivity contribution in [2.45, 2.75) is 33.7 Å². The van der Waals surface area contributed by atoms with Gasteiger partial charge in [-0.2, -0.15) is 9.36 Å². The minimum atomic E-state index is -0.546. The first kappa shape index (κ1) is 21.7. The molecule has 3 N–H and O–H groups in total. The summed E-state index contributed by atoms with van der Waals surface area (Å²) in [5, 5.41) is 9.71. The van der Waals surface area contributed by atoms with E-state index in [1.165, 1.54) is 0 Å². The normalized spacial score (nSPS) is 12.5. The van der Waals surface area contributed by atoms with Crippen molar-refractivity contribution in [1.82, 2.24) is 9.36 Å². The van der Waals surface area contributed by atoms with Crippen molar-refractivity contribution in [3.05, 3.63) is 75.0 Å². The molecule has 0 fully saturated rings. The van der Waals surface area contributed by atoms with Gasteiger partial charge in [-0.1, -0.05) is 63.2 Å². The predicted molar refractivity (Wildman–Crippen MR) is 132 cm³/mol. The topological polar surface area (TPSA) is 96.0 Å². The van der Waals surface area contributed by atoms with E-state index in [-0.39, 0.29) is 17.1 Å². The first-order chi connectivity index (χ1) is 15.2. The molecule has 32 heavy (non-hydrogen) atoms. The zero-order valence-electron chi connectivity index (χ0n) is 18.4. The summed E-state index contributed by atoms with van der Waals surface area (Å²) in [4.78, 5) is 28.5. The first-order valence-corrected chi connectivity index (χ1v) is 11.1. The molecule has 8 heteroatoms. The zero-order valence-corrected chi connectivity index (χ0v) is 19.2. The van der Waals surface area contributed by atoms with Crippen LogP contribution in [0.4, 0.5) is 28.1 Å². The van der Waals surface area contributed by atoms with Gasteiger partial charge in [0.2, 0.25) is 11.1 Å². The van der Waals surface area contributed by atoms with Gasteiger partial charge in [0.25, 0.3) is 10.9 Å². The maximum Gasteiger partial charge on any atom is 0.253 e. The third-order valence-electron chi connectivity index (χ3n) is 5.48. The summed E-state index contributed by atoms with van der Waals surface area (Å²) in [7, 11) is 0. The fourth-order valence-electron chi connectivity index (χ4n) is 3.02. The van der Waals surface area contributed by atoms with Crippen LogP contribution in [0.2, 0.25) is 0 Å². The summed E-state index contributed by atoms with van der Waals surface area (Å²) < 4.78 is 4.29. The Morgan fingerprint density at radius 1 is 0.844 bits per heavy atom. The molecule has 0 amide bonds. The highest BCUT2D eigenvalue weighted by molar-refractivity contribution is 7.10. The number of hydrogen-bond donors (Lipinski definition) is 3. The van der Waals surface area contributed by atoms with Crippen LogP contribution >= 0.6 is 11.5 Å². The number of hydrogen-bond acceptors (Lipinski definition) is 8. The highest BCUT2D eigenvalue weighted by atomic mass is 32.1. The van der Waals surface area contributed by atoms with Crippen molar-refractivity contribution in [3.63, 3.8) is 0 Å². The lowest BCUT2D eigenvalue weighted by molar-refractivity contribution is 0.359. The van der Waals surface area contributed by atoms with Gasteiger partial charge < -0.3 is 16.0 Å². The van der Waals surface area contributed by atoms with Crippen molar-refractivity contribution in [2.75, 3.05) is 16.0 Å². The van der Waals surface area contributed by atoms with Crippen LogP contribution in [-0.2, 0) is 0 Å². The van der Waals surface area contributed by atoms with E-state index in [0.29, 0.717) is 16.8 Å². The van der Waals surface area contributed by atoms with Gasteiger partial charge in [-0.25, -0.2) is 0 Å². The monoisotopic (exact) mass is 447 g/mol. The predicted octanol–water partition coefficient (Wildman–Crippen LogP) is 5.13. The molecular weight excluding hydrogens is 422 g/mol. The van der Waals surface area contributed by atoms with Crippen LogP contribution in [0.25, 0.3) is 11.1 Å². The molecule has 3 aromatic carbocycles. The number of rotatable bonds is 7. The minimum Gasteiger partial charge on any atom is -0.377 e. The summed E-state index contributed by atoms with van der Waals surface area (Å²) in [6.45, 7) is 8.19. The van der Waals surface area contributed by atoms with Crippen molar-refractivity contribution in [2.24, 2.45) is 5.41 Å². The molecular formula is C24H25N5O2S. The summed E-state index contributed by atoms with van der Waals surface area (Å²) in [6, 6.07) is 18.1. The van der Waals surface area contributed by atoms with E-state index in [4.69, 9.17) is 0 Å². The van der Waals surface area contributed by atoms with Crippen molar-refractivity contribution in [3.8, 4) is 11.1 Å². The molecule has 0 aliphatic carbocycles. The lowest BCUT2D eigenvalue weighted by Crippen LogP contribution is -2.41. The van der Waals surface area contributed by atoms with Crippen LogP contribution in [0, 0.1) is 5.41 Å². The first-order valence-electron chi connectivity index (χ1n) is 10.4. The number of nitrogens with zero attached hydrogens (tertiary/aromatic N) is 2. The van der Waals surface area contributed by atoms with E-state index in [0.717, 1.165) is 28.3 Å². The van der Waals surface area contributed by atoms with E-state index in [2.05, 4.69) is 58.2 Å². The van der Waals surface area contributed by atoms with Crippen LogP contribution in [0.3, 0.4) is 0 Å². The average Bonchev–Trinajstić information content (AvgIpc) is 3.23. The van der Waals surface area contributed by atoms with Gasteiger partial charge in [0, 0.05) is 23.3 Å². The standard InChI is InChI=1S/C24H25N5O2S/c1-14(24(2,3)4)25-18-19(21(31)20(18)30)27-23-28-22(29-32-23)26-17-12-10-16(11-13-17)15-8-6-5-7-9-15/h5-14,25H,1-4H3,(H2,26,27,28,29)/t14-/m0/s1. The zero-order chi connectivity index (χ0) is 22.9. The number of anilines is 5. The Morgan fingerprint density at radius 2 is 1.47 bits per heavy atom. The number of aromatic nitrogens is 2. The van der Waals surface area contributed by atoms with E-state index >= 15 is 0 Å². The maximum absolute atomic E-state index is 12.1. The average molecular weight is 448 g/mol. The molecule has 0 radical (unpaired) electrons. The summed E-state index contributed by atoms with van der Waals surface area (Å²) in [5.74, 6) is 0.418. The fourth-order valence-corrected chi connectivity index (χ4v) is 3.55. The third-order valence-corrected chi connectivity index (χ3v) is 6.11. The Hall–Kier alpha value is -3.52. The molecule has 1 atom stereocenters. The van der Waals surface area contributed by atoms with Gasteiger partial charge in [-0.05, 0) is 35.6 Å². The smallest absolute Gasteiger partial charge is 0.253 e. The molecule has 0 spiro atoms. The molecule has 4 rings (SSSR count). The lowest BCUT2D eigenvalue weighted by Gasteiger charge is -2.29. The Morgan fingerprint density at radius 3 is 2.12 bits per heavy atom. The van der Waals surface area contributed by atoms with Gasteiger partial charge in [0.15, 0.2) is 0 Å². The summed E-state index contributed by atoms with van der Waals surface area (Å²) in [5.41, 5.74) is 2.54. The van der Waals surface area contributed by atoms with E-state index in [9.17, 15) is 9.59 Å². The van der Waals surface area contributed by atoms with Crippen molar-refractivity contribution >= 4 is 39.7 Å². The van der Waals surface area contributed by atoms with Crippen LogP contribution in [0.15, 0.2) is 64.2 Å². The van der Waals surface area contributed by atoms with Crippen LogP contribution < -0.4 is 26.8 Å². The molecule has 1 heterocycles. The Labute approximate surface area is 190 Å². The van der Waals surface area contributed by atoms with Crippen molar-refractivity contribution in [1.29, 1.82) is 0 Å². The summed E-state index contributed by atoms with van der Waals surface area (Å²) >= 11 is 1.12. The van der Waals surface area contributed by atoms with Crippen molar-refractivity contribution < 1.29 is 0 Å². The molecule has 0 bridgehead atoms. The third kappa shape index (κ3) is 4.55. The Balaban J connectivity index is 1.44. The van der Waals surface area contributed by atoms with E-state index < -0.39 is 10.9 Å². The molecule has 0 saturated heterocycles. The number of nitrogens with one attached hydrogen (secondary N) is 3. The maximum atomic E-state index is 12.1. The molecule has 7 nitrogen and oxygen atoms in total. The molecule has 4 aromatic rings. The van der Waals surface area contributed by atoms with Crippen LogP contribution in [0.1, 0.15) is 27.7 Å². The van der Waals surface area contributed by atoms with Gasteiger partial charge in [-0.3, -0.25) is 9.59 Å². The second-order valence-electron chi connectivity index (χ2n) is 8.76. The number of benzene rings is 2. The Bertz CT molecular complexity index is 1280.